The molecule has 3 heterocycles. The van der Waals surface area contributed by atoms with Gasteiger partial charge in [-0.15, -0.1) is 5.10 Å². The Labute approximate surface area is 167 Å². The summed E-state index contributed by atoms with van der Waals surface area (Å²) in [6, 6.07) is 7.52. The molecule has 0 unspecified atom stereocenters. The molecule has 1 aliphatic rings. The van der Waals surface area contributed by atoms with Crippen molar-refractivity contribution in [2.24, 2.45) is 0 Å². The van der Waals surface area contributed by atoms with Crippen LogP contribution >= 0.6 is 0 Å². The third-order valence-electron chi connectivity index (χ3n) is 5.00. The topological polar surface area (TPSA) is 106 Å². The molecule has 9 nitrogen and oxygen atoms in total. The summed E-state index contributed by atoms with van der Waals surface area (Å²) in [5, 5.41) is 13.9. The van der Waals surface area contributed by atoms with E-state index in [1.807, 2.05) is 12.1 Å². The Morgan fingerprint density at radius 3 is 2.79 bits per heavy atom. The monoisotopic (exact) mass is 392 g/mol. The van der Waals surface area contributed by atoms with Crippen LogP contribution in [-0.2, 0) is 10.2 Å². The first-order valence-corrected chi connectivity index (χ1v) is 9.11. The summed E-state index contributed by atoms with van der Waals surface area (Å²) in [5.74, 6) is 1.19. The van der Waals surface area contributed by atoms with Gasteiger partial charge in [-0.1, -0.05) is 0 Å². The van der Waals surface area contributed by atoms with Crippen molar-refractivity contribution >= 4 is 11.7 Å². The van der Waals surface area contributed by atoms with E-state index in [2.05, 4.69) is 11.1 Å². The smallest absolute Gasteiger partial charge is 0.409 e. The Balaban J connectivity index is 1.76. The first-order valence-electron chi connectivity index (χ1n) is 9.11. The van der Waals surface area contributed by atoms with E-state index in [1.165, 1.54) is 11.1 Å². The molecule has 0 aliphatic heterocycles. The SMILES string of the molecule is COc1ccc(-c2cncc(C#N)c2)n2nc(C3(COC(=O)N(C)C)CC3)nc12. The van der Waals surface area contributed by atoms with Crippen LogP contribution < -0.4 is 4.74 Å². The minimum absolute atomic E-state index is 0.226. The lowest BCUT2D eigenvalue weighted by atomic mass is 10.1. The number of carbonyl (C=O) groups is 1. The third-order valence-corrected chi connectivity index (χ3v) is 5.00. The second-order valence-electron chi connectivity index (χ2n) is 7.26. The van der Waals surface area contributed by atoms with Crippen molar-refractivity contribution in [3.63, 3.8) is 0 Å². The fourth-order valence-corrected chi connectivity index (χ4v) is 3.10. The van der Waals surface area contributed by atoms with Crippen LogP contribution in [0.25, 0.3) is 16.9 Å². The number of nitriles is 1. The molecule has 0 saturated heterocycles. The number of hydrogen-bond acceptors (Lipinski definition) is 7. The van der Waals surface area contributed by atoms with Gasteiger partial charge in [0.05, 0.1) is 23.8 Å². The minimum Gasteiger partial charge on any atom is -0.493 e. The molecule has 0 radical (unpaired) electrons. The van der Waals surface area contributed by atoms with Crippen molar-refractivity contribution in [3.8, 4) is 23.1 Å². The van der Waals surface area contributed by atoms with Gasteiger partial charge in [0.15, 0.2) is 17.2 Å². The van der Waals surface area contributed by atoms with Gasteiger partial charge < -0.3 is 14.4 Å². The average Bonchev–Trinajstić information content (AvgIpc) is 3.40. The first-order chi connectivity index (χ1) is 14.0. The summed E-state index contributed by atoms with van der Waals surface area (Å²) in [4.78, 5) is 22.1. The lowest BCUT2D eigenvalue weighted by molar-refractivity contribution is 0.107. The second kappa shape index (κ2) is 7.05. The van der Waals surface area contributed by atoms with Crippen LogP contribution in [0.5, 0.6) is 5.75 Å². The number of pyridine rings is 2. The molecule has 1 amide bonds. The molecule has 1 aliphatic carbocycles. The number of nitrogens with zero attached hydrogens (tertiary/aromatic N) is 6. The maximum atomic E-state index is 11.8. The Kier molecular flexibility index (Phi) is 4.54. The standard InChI is InChI=1S/C20H20N6O3/c1-25(2)19(27)29-12-20(6-7-20)18-23-17-16(28-3)5-4-15(26(17)24-18)14-8-13(9-21)10-22-11-14/h4-5,8,10-11H,6-7,12H2,1-3H3. The minimum atomic E-state index is -0.391. The van der Waals surface area contributed by atoms with Gasteiger partial charge in [0.25, 0.3) is 0 Å². The second-order valence-corrected chi connectivity index (χ2v) is 7.26. The van der Waals surface area contributed by atoms with Gasteiger partial charge >= 0.3 is 6.09 Å². The van der Waals surface area contributed by atoms with E-state index in [0.717, 1.165) is 24.1 Å². The molecule has 0 N–H and O–H groups in total. The molecule has 0 aromatic carbocycles. The molecular formula is C20H20N6O3. The average molecular weight is 392 g/mol. The van der Waals surface area contributed by atoms with E-state index in [0.29, 0.717) is 22.8 Å². The highest BCUT2D eigenvalue weighted by Crippen LogP contribution is 2.47. The zero-order chi connectivity index (χ0) is 20.6. The van der Waals surface area contributed by atoms with Crippen LogP contribution in [-0.4, -0.2) is 58.4 Å². The summed E-state index contributed by atoms with van der Waals surface area (Å²) in [5.41, 5.74) is 2.13. The molecule has 148 valence electrons. The van der Waals surface area contributed by atoms with Gasteiger partial charge in [0.1, 0.15) is 12.7 Å². The lowest BCUT2D eigenvalue weighted by Gasteiger charge is -2.15. The summed E-state index contributed by atoms with van der Waals surface area (Å²) in [6.45, 7) is 0.226. The molecule has 0 spiro atoms. The van der Waals surface area contributed by atoms with Crippen LogP contribution in [0.15, 0.2) is 30.6 Å². The zero-order valence-electron chi connectivity index (χ0n) is 16.4. The summed E-state index contributed by atoms with van der Waals surface area (Å²) < 4.78 is 12.6. The normalized spacial score (nSPS) is 14.3. The van der Waals surface area contributed by atoms with Gasteiger partial charge in [-0.2, -0.15) is 5.26 Å². The van der Waals surface area contributed by atoms with Crippen LogP contribution in [0, 0.1) is 11.3 Å². The van der Waals surface area contributed by atoms with Crippen molar-refractivity contribution < 1.29 is 14.3 Å². The predicted molar refractivity (Wildman–Crippen MR) is 103 cm³/mol. The molecule has 0 atom stereocenters. The number of methoxy groups -OCH3 is 1. The Hall–Kier alpha value is -3.67. The molecule has 1 saturated carbocycles. The maximum absolute atomic E-state index is 11.8. The molecule has 0 bridgehead atoms. The van der Waals surface area contributed by atoms with Gasteiger partial charge in [-0.25, -0.2) is 14.3 Å². The van der Waals surface area contributed by atoms with E-state index in [4.69, 9.17) is 19.6 Å². The third kappa shape index (κ3) is 3.33. The quantitative estimate of drug-likeness (QED) is 0.656. The van der Waals surface area contributed by atoms with Crippen molar-refractivity contribution in [1.82, 2.24) is 24.5 Å². The van der Waals surface area contributed by atoms with E-state index in [9.17, 15) is 10.1 Å². The number of rotatable bonds is 5. The summed E-state index contributed by atoms with van der Waals surface area (Å²) in [6.07, 6.45) is 4.48. The highest BCUT2D eigenvalue weighted by atomic mass is 16.6. The summed E-state index contributed by atoms with van der Waals surface area (Å²) in [7, 11) is 4.87. The first kappa shape index (κ1) is 18.7. The largest absolute Gasteiger partial charge is 0.493 e. The predicted octanol–water partition coefficient (Wildman–Crippen LogP) is 2.40. The fourth-order valence-electron chi connectivity index (χ4n) is 3.10. The van der Waals surface area contributed by atoms with E-state index in [1.54, 1.807) is 38.0 Å². The van der Waals surface area contributed by atoms with Crippen LogP contribution in [0.4, 0.5) is 4.79 Å². The van der Waals surface area contributed by atoms with Crippen molar-refractivity contribution in [3.05, 3.63) is 42.0 Å². The van der Waals surface area contributed by atoms with Crippen LogP contribution in [0.1, 0.15) is 24.2 Å². The number of amides is 1. The molecule has 29 heavy (non-hydrogen) atoms. The molecule has 4 rings (SSSR count). The van der Waals surface area contributed by atoms with E-state index in [-0.39, 0.29) is 12.0 Å². The number of fused-ring (bicyclic) bond motifs is 1. The van der Waals surface area contributed by atoms with Gasteiger partial charge in [0.2, 0.25) is 0 Å². The van der Waals surface area contributed by atoms with Crippen molar-refractivity contribution in [1.29, 1.82) is 5.26 Å². The fraction of sp³-hybridized carbons (Fsp3) is 0.350. The van der Waals surface area contributed by atoms with Crippen molar-refractivity contribution in [2.45, 2.75) is 18.3 Å². The van der Waals surface area contributed by atoms with Crippen LogP contribution in [0.2, 0.25) is 0 Å². The van der Waals surface area contributed by atoms with Gasteiger partial charge in [0, 0.05) is 32.1 Å². The van der Waals surface area contributed by atoms with Crippen molar-refractivity contribution in [2.75, 3.05) is 27.8 Å². The summed E-state index contributed by atoms with van der Waals surface area (Å²) >= 11 is 0. The number of ether oxygens (including phenoxy) is 2. The van der Waals surface area contributed by atoms with Crippen LogP contribution in [0.3, 0.4) is 0 Å². The number of carbonyl (C=O) groups excluding carboxylic acids is 1. The highest BCUT2D eigenvalue weighted by Gasteiger charge is 2.49. The molecule has 3 aromatic rings. The van der Waals surface area contributed by atoms with E-state index < -0.39 is 6.09 Å². The highest BCUT2D eigenvalue weighted by molar-refractivity contribution is 5.68. The molecule has 3 aromatic heterocycles. The molecule has 9 heteroatoms. The number of aromatic nitrogens is 4. The van der Waals surface area contributed by atoms with Gasteiger partial charge in [-0.3, -0.25) is 4.98 Å². The Bertz CT molecular complexity index is 1130. The lowest BCUT2D eigenvalue weighted by Crippen LogP contribution is -2.27. The molecular weight excluding hydrogens is 372 g/mol. The Morgan fingerprint density at radius 1 is 1.34 bits per heavy atom. The maximum Gasteiger partial charge on any atom is 0.409 e. The number of hydrogen-bond donors (Lipinski definition) is 0. The zero-order valence-corrected chi connectivity index (χ0v) is 16.4. The molecule has 1 fully saturated rings. The Morgan fingerprint density at radius 2 is 2.14 bits per heavy atom. The van der Waals surface area contributed by atoms with E-state index >= 15 is 0 Å². The van der Waals surface area contributed by atoms with Gasteiger partial charge in [-0.05, 0) is 31.0 Å².